The van der Waals surface area contributed by atoms with Crippen molar-refractivity contribution in [3.8, 4) is 0 Å². The van der Waals surface area contributed by atoms with Gasteiger partial charge in [0.05, 0.1) is 13.2 Å². The highest BCUT2D eigenvalue weighted by atomic mass is 16.7. The zero-order chi connectivity index (χ0) is 37.4. The van der Waals surface area contributed by atoms with E-state index in [2.05, 4.69) is 26.0 Å². The van der Waals surface area contributed by atoms with E-state index >= 15 is 0 Å². The van der Waals surface area contributed by atoms with Gasteiger partial charge in [-0.05, 0) is 38.5 Å². The molecule has 0 spiro atoms. The molecule has 0 aromatic rings. The van der Waals surface area contributed by atoms with Crippen LogP contribution >= 0.6 is 0 Å². The lowest BCUT2D eigenvalue weighted by molar-refractivity contribution is -0.305. The average molecular weight is 729 g/mol. The largest absolute Gasteiger partial charge is 0.462 e. The van der Waals surface area contributed by atoms with Crippen LogP contribution < -0.4 is 0 Å². The third kappa shape index (κ3) is 25.2. The molecule has 10 heteroatoms. The molecular formula is C41H76O10. The highest BCUT2D eigenvalue weighted by molar-refractivity contribution is 5.70. The standard InChI is InChI=1S/C41H76O10/c1-3-5-7-9-11-13-15-16-17-18-20-21-23-25-27-29-36(43)48-32-34(33-49-41-40(47)39(46)38(45)35(31-42)51-41)50-37(44)30-28-26-24-22-19-14-12-10-8-6-4-2/h18,20,34-35,38-42,45-47H,3-17,19,21-33H2,1-2H3/b20-18+/t34-,35-,38+,39?,40?,41-/m0/s1. The van der Waals surface area contributed by atoms with Crippen molar-refractivity contribution >= 4 is 11.9 Å². The quantitative estimate of drug-likeness (QED) is 0.0291. The Balaban J connectivity index is 2.36. The first-order chi connectivity index (χ1) is 24.8. The Morgan fingerprint density at radius 1 is 0.588 bits per heavy atom. The fraction of sp³-hybridized carbons (Fsp3) is 0.902. The van der Waals surface area contributed by atoms with Gasteiger partial charge in [-0.25, -0.2) is 0 Å². The van der Waals surface area contributed by atoms with E-state index in [1.807, 2.05) is 0 Å². The number of carbonyl (C=O) groups is 2. The van der Waals surface area contributed by atoms with E-state index in [-0.39, 0.29) is 32.0 Å². The minimum atomic E-state index is -1.59. The molecule has 1 saturated heterocycles. The minimum Gasteiger partial charge on any atom is -0.462 e. The number of unbranched alkanes of at least 4 members (excludes halogenated alkanes) is 21. The molecule has 51 heavy (non-hydrogen) atoms. The summed E-state index contributed by atoms with van der Waals surface area (Å²) in [6.07, 6.45) is 25.1. The van der Waals surface area contributed by atoms with E-state index in [4.69, 9.17) is 18.9 Å². The van der Waals surface area contributed by atoms with Crippen LogP contribution in [0.15, 0.2) is 12.2 Å². The molecule has 1 rings (SSSR count). The lowest BCUT2D eigenvalue weighted by Crippen LogP contribution is -2.59. The van der Waals surface area contributed by atoms with E-state index < -0.39 is 49.4 Å². The number of carbonyl (C=O) groups excluding carboxylic acids is 2. The molecule has 0 aliphatic carbocycles. The van der Waals surface area contributed by atoms with Gasteiger partial charge >= 0.3 is 11.9 Å². The molecule has 1 heterocycles. The summed E-state index contributed by atoms with van der Waals surface area (Å²) in [5, 5.41) is 39.9. The van der Waals surface area contributed by atoms with Crippen molar-refractivity contribution in [1.82, 2.24) is 0 Å². The second-order valence-corrected chi connectivity index (χ2v) is 14.4. The summed E-state index contributed by atoms with van der Waals surface area (Å²) in [5.41, 5.74) is 0. The van der Waals surface area contributed by atoms with Gasteiger partial charge in [0, 0.05) is 12.8 Å². The van der Waals surface area contributed by atoms with Crippen molar-refractivity contribution in [1.29, 1.82) is 0 Å². The molecule has 4 N–H and O–H groups in total. The Morgan fingerprint density at radius 3 is 1.55 bits per heavy atom. The van der Waals surface area contributed by atoms with Crippen molar-refractivity contribution in [2.45, 2.75) is 218 Å². The van der Waals surface area contributed by atoms with Crippen molar-refractivity contribution in [3.05, 3.63) is 12.2 Å². The first-order valence-corrected chi connectivity index (χ1v) is 20.8. The summed E-state index contributed by atoms with van der Waals surface area (Å²) in [6.45, 7) is 3.39. The second-order valence-electron chi connectivity index (χ2n) is 14.4. The number of allylic oxidation sites excluding steroid dienone is 2. The van der Waals surface area contributed by atoms with Gasteiger partial charge in [0.15, 0.2) is 12.4 Å². The Kier molecular flexibility index (Phi) is 30.7. The van der Waals surface area contributed by atoms with Crippen LogP contribution in [-0.4, -0.2) is 89.0 Å². The Bertz CT molecular complexity index is 850. The maximum atomic E-state index is 12.7. The van der Waals surface area contributed by atoms with Gasteiger partial charge in [-0.3, -0.25) is 9.59 Å². The summed E-state index contributed by atoms with van der Waals surface area (Å²) in [4.78, 5) is 25.2. The van der Waals surface area contributed by atoms with Crippen molar-refractivity contribution in [3.63, 3.8) is 0 Å². The van der Waals surface area contributed by atoms with Crippen LogP contribution in [0.5, 0.6) is 0 Å². The van der Waals surface area contributed by atoms with Crippen LogP contribution in [0, 0.1) is 0 Å². The number of ether oxygens (including phenoxy) is 4. The predicted molar refractivity (Wildman–Crippen MR) is 201 cm³/mol. The van der Waals surface area contributed by atoms with Gasteiger partial charge in [0.2, 0.25) is 0 Å². The molecule has 300 valence electrons. The van der Waals surface area contributed by atoms with Crippen LogP contribution in [0.2, 0.25) is 0 Å². The van der Waals surface area contributed by atoms with Gasteiger partial charge in [-0.2, -0.15) is 0 Å². The second kappa shape index (κ2) is 33.0. The fourth-order valence-corrected chi connectivity index (χ4v) is 6.30. The van der Waals surface area contributed by atoms with Crippen molar-refractivity contribution < 1.29 is 49.0 Å². The summed E-state index contributed by atoms with van der Waals surface area (Å²) in [5.74, 6) is -0.820. The summed E-state index contributed by atoms with van der Waals surface area (Å²) in [7, 11) is 0. The number of aliphatic hydroxyl groups excluding tert-OH is 4. The topological polar surface area (TPSA) is 152 Å². The van der Waals surface area contributed by atoms with E-state index in [9.17, 15) is 30.0 Å². The number of aliphatic hydroxyl groups is 4. The number of rotatable bonds is 34. The van der Waals surface area contributed by atoms with Crippen molar-refractivity contribution in [2.75, 3.05) is 19.8 Å². The fourth-order valence-electron chi connectivity index (χ4n) is 6.30. The van der Waals surface area contributed by atoms with Crippen LogP contribution in [0.3, 0.4) is 0 Å². The highest BCUT2D eigenvalue weighted by Gasteiger charge is 2.44. The molecule has 6 atom stereocenters. The van der Waals surface area contributed by atoms with Crippen LogP contribution in [0.25, 0.3) is 0 Å². The maximum Gasteiger partial charge on any atom is 0.306 e. The number of hydrogen-bond donors (Lipinski definition) is 4. The number of hydrogen-bond acceptors (Lipinski definition) is 10. The molecule has 0 bridgehead atoms. The van der Waals surface area contributed by atoms with Gasteiger partial charge in [-0.15, -0.1) is 0 Å². The van der Waals surface area contributed by atoms with Crippen LogP contribution in [0.4, 0.5) is 0 Å². The third-order valence-electron chi connectivity index (χ3n) is 9.65. The maximum absolute atomic E-state index is 12.7. The normalized spacial score (nSPS) is 21.3. The Hall–Kier alpha value is -1.56. The molecule has 0 radical (unpaired) electrons. The molecule has 10 nitrogen and oxygen atoms in total. The predicted octanol–water partition coefficient (Wildman–Crippen LogP) is 8.00. The minimum absolute atomic E-state index is 0.221. The monoisotopic (exact) mass is 729 g/mol. The lowest BCUT2D eigenvalue weighted by Gasteiger charge is -2.39. The Morgan fingerprint density at radius 2 is 1.04 bits per heavy atom. The first kappa shape index (κ1) is 47.5. The summed E-state index contributed by atoms with van der Waals surface area (Å²) in [6, 6.07) is 0. The summed E-state index contributed by atoms with van der Waals surface area (Å²) < 4.78 is 22.1. The van der Waals surface area contributed by atoms with Gasteiger partial charge in [0.25, 0.3) is 0 Å². The molecule has 1 aliphatic rings. The summed E-state index contributed by atoms with van der Waals surface area (Å²) >= 11 is 0. The average Bonchev–Trinajstić information content (AvgIpc) is 3.13. The zero-order valence-electron chi connectivity index (χ0n) is 32.4. The third-order valence-corrected chi connectivity index (χ3v) is 9.65. The smallest absolute Gasteiger partial charge is 0.306 e. The van der Waals surface area contributed by atoms with E-state index in [0.717, 1.165) is 44.9 Å². The molecule has 0 aromatic carbocycles. The Labute approximate surface area is 310 Å². The van der Waals surface area contributed by atoms with Crippen LogP contribution in [-0.2, 0) is 28.5 Å². The molecule has 2 unspecified atom stereocenters. The number of esters is 2. The molecule has 0 saturated carbocycles. The van der Waals surface area contributed by atoms with Gasteiger partial charge < -0.3 is 39.4 Å². The first-order valence-electron chi connectivity index (χ1n) is 20.8. The van der Waals surface area contributed by atoms with E-state index in [1.165, 1.54) is 96.3 Å². The SMILES string of the molecule is CCCCCCCCCC/C=C/CCCCCC(=O)OC[C@@H](CO[C@H]1O[C@@H](CO)[C@@H](O)C(O)C1O)OC(=O)CCCCCCCCCCCCC. The van der Waals surface area contributed by atoms with E-state index in [1.54, 1.807) is 0 Å². The molecular weight excluding hydrogens is 652 g/mol. The lowest BCUT2D eigenvalue weighted by atomic mass is 9.99. The highest BCUT2D eigenvalue weighted by Crippen LogP contribution is 2.22. The van der Waals surface area contributed by atoms with Crippen molar-refractivity contribution in [2.24, 2.45) is 0 Å². The molecule has 0 amide bonds. The zero-order valence-corrected chi connectivity index (χ0v) is 32.4. The molecule has 1 fully saturated rings. The van der Waals surface area contributed by atoms with Gasteiger partial charge in [-0.1, -0.05) is 142 Å². The van der Waals surface area contributed by atoms with Gasteiger partial charge in [0.1, 0.15) is 31.0 Å². The molecule has 1 aliphatic heterocycles. The van der Waals surface area contributed by atoms with E-state index in [0.29, 0.717) is 12.8 Å². The van der Waals surface area contributed by atoms with Crippen LogP contribution in [0.1, 0.15) is 181 Å². The molecule has 0 aromatic heterocycles.